The molecule has 2 aromatic carbocycles. The minimum Gasteiger partial charge on any atom is -0.388 e. The van der Waals surface area contributed by atoms with Gasteiger partial charge in [0.05, 0.1) is 10.6 Å². The van der Waals surface area contributed by atoms with Crippen LogP contribution in [-0.4, -0.2) is 5.11 Å². The van der Waals surface area contributed by atoms with Gasteiger partial charge >= 0.3 is 0 Å². The standard InChI is InChI=1S/C14H10BrF3O/c15-14-11(2-1-3-12(14)18)13(19)6-8-4-9(16)7-10(17)5-8/h1-5,7,13,19H,6H2. The molecule has 0 spiro atoms. The summed E-state index contributed by atoms with van der Waals surface area (Å²) in [5, 5.41) is 10.0. The van der Waals surface area contributed by atoms with E-state index in [0.717, 1.165) is 18.2 Å². The number of aliphatic hydroxyl groups is 1. The molecule has 1 atom stereocenters. The van der Waals surface area contributed by atoms with Crippen LogP contribution in [0.4, 0.5) is 13.2 Å². The van der Waals surface area contributed by atoms with Crippen LogP contribution in [0.2, 0.25) is 0 Å². The third-order valence-electron chi connectivity index (χ3n) is 2.69. The molecule has 0 saturated heterocycles. The Bertz CT molecular complexity index is 581. The zero-order valence-corrected chi connectivity index (χ0v) is 11.3. The summed E-state index contributed by atoms with van der Waals surface area (Å²) in [6, 6.07) is 7.30. The number of hydrogen-bond donors (Lipinski definition) is 1. The van der Waals surface area contributed by atoms with Gasteiger partial charge in [-0.05, 0) is 45.3 Å². The molecule has 0 saturated carbocycles. The maximum Gasteiger partial charge on any atom is 0.137 e. The normalized spacial score (nSPS) is 12.5. The Morgan fingerprint density at radius 3 is 2.32 bits per heavy atom. The van der Waals surface area contributed by atoms with Crippen molar-refractivity contribution in [1.82, 2.24) is 0 Å². The fourth-order valence-electron chi connectivity index (χ4n) is 1.84. The second-order valence-electron chi connectivity index (χ2n) is 4.14. The second-order valence-corrected chi connectivity index (χ2v) is 4.93. The summed E-state index contributed by atoms with van der Waals surface area (Å²) < 4.78 is 39.5. The first-order valence-electron chi connectivity index (χ1n) is 5.54. The molecule has 0 aliphatic heterocycles. The largest absolute Gasteiger partial charge is 0.388 e. The Hall–Kier alpha value is -1.33. The van der Waals surface area contributed by atoms with Crippen LogP contribution >= 0.6 is 15.9 Å². The molecule has 0 aliphatic rings. The van der Waals surface area contributed by atoms with Crippen LogP contribution in [0.3, 0.4) is 0 Å². The monoisotopic (exact) mass is 330 g/mol. The van der Waals surface area contributed by atoms with E-state index in [9.17, 15) is 18.3 Å². The molecule has 100 valence electrons. The van der Waals surface area contributed by atoms with Crippen LogP contribution in [0.15, 0.2) is 40.9 Å². The lowest BCUT2D eigenvalue weighted by molar-refractivity contribution is 0.177. The molecule has 1 unspecified atom stereocenters. The highest BCUT2D eigenvalue weighted by molar-refractivity contribution is 9.10. The van der Waals surface area contributed by atoms with E-state index < -0.39 is 23.6 Å². The summed E-state index contributed by atoms with van der Waals surface area (Å²) in [7, 11) is 0. The van der Waals surface area contributed by atoms with E-state index in [1.807, 2.05) is 0 Å². The highest BCUT2D eigenvalue weighted by Crippen LogP contribution is 2.28. The van der Waals surface area contributed by atoms with Crippen molar-refractivity contribution < 1.29 is 18.3 Å². The lowest BCUT2D eigenvalue weighted by atomic mass is 10.0. The van der Waals surface area contributed by atoms with Crippen molar-refractivity contribution in [2.45, 2.75) is 12.5 Å². The van der Waals surface area contributed by atoms with Crippen LogP contribution in [0, 0.1) is 17.5 Å². The Balaban J connectivity index is 2.25. The van der Waals surface area contributed by atoms with E-state index in [4.69, 9.17) is 0 Å². The molecule has 2 aromatic rings. The molecule has 0 radical (unpaired) electrons. The third-order valence-corrected chi connectivity index (χ3v) is 3.53. The zero-order chi connectivity index (χ0) is 14.0. The van der Waals surface area contributed by atoms with Gasteiger partial charge in [-0.2, -0.15) is 0 Å². The van der Waals surface area contributed by atoms with Gasteiger partial charge in [-0.15, -0.1) is 0 Å². The molecule has 1 nitrogen and oxygen atoms in total. The van der Waals surface area contributed by atoms with Gasteiger partial charge in [0.2, 0.25) is 0 Å². The highest BCUT2D eigenvalue weighted by atomic mass is 79.9. The summed E-state index contributed by atoms with van der Waals surface area (Å²) in [4.78, 5) is 0. The van der Waals surface area contributed by atoms with Gasteiger partial charge < -0.3 is 5.11 Å². The summed E-state index contributed by atoms with van der Waals surface area (Å²) in [6.45, 7) is 0. The predicted octanol–water partition coefficient (Wildman–Crippen LogP) is 4.14. The summed E-state index contributed by atoms with van der Waals surface area (Å²) in [5.41, 5.74) is 0.644. The van der Waals surface area contributed by atoms with Gasteiger partial charge in [0, 0.05) is 12.5 Å². The van der Waals surface area contributed by atoms with E-state index >= 15 is 0 Å². The SMILES string of the molecule is OC(Cc1cc(F)cc(F)c1)c1cccc(F)c1Br. The molecular weight excluding hydrogens is 321 g/mol. The molecule has 0 amide bonds. The number of benzene rings is 2. The summed E-state index contributed by atoms with van der Waals surface area (Å²) in [6.07, 6.45) is -1.05. The van der Waals surface area contributed by atoms with Crippen LogP contribution < -0.4 is 0 Å². The predicted molar refractivity (Wildman–Crippen MR) is 69.1 cm³/mol. The summed E-state index contributed by atoms with van der Waals surface area (Å²) in [5.74, 6) is -1.91. The topological polar surface area (TPSA) is 20.2 Å². The molecule has 2 rings (SSSR count). The number of aliphatic hydroxyl groups excluding tert-OH is 1. The van der Waals surface area contributed by atoms with Crippen LogP contribution in [0.5, 0.6) is 0 Å². The van der Waals surface area contributed by atoms with Gasteiger partial charge in [-0.1, -0.05) is 12.1 Å². The van der Waals surface area contributed by atoms with Crippen LogP contribution in [0.25, 0.3) is 0 Å². The maximum atomic E-state index is 13.3. The molecule has 19 heavy (non-hydrogen) atoms. The minimum absolute atomic E-state index is 0.00324. The van der Waals surface area contributed by atoms with Gasteiger partial charge in [-0.3, -0.25) is 0 Å². The van der Waals surface area contributed by atoms with Crippen molar-refractivity contribution in [3.05, 3.63) is 69.4 Å². The van der Waals surface area contributed by atoms with Gasteiger partial charge in [0.15, 0.2) is 0 Å². The van der Waals surface area contributed by atoms with Crippen LogP contribution in [-0.2, 0) is 6.42 Å². The number of rotatable bonds is 3. The molecule has 0 aliphatic carbocycles. The van der Waals surface area contributed by atoms with Gasteiger partial charge in [0.25, 0.3) is 0 Å². The van der Waals surface area contributed by atoms with Crippen molar-refractivity contribution in [2.75, 3.05) is 0 Å². The average Bonchev–Trinajstić information content (AvgIpc) is 2.31. The van der Waals surface area contributed by atoms with E-state index in [0.29, 0.717) is 11.1 Å². The van der Waals surface area contributed by atoms with Crippen LogP contribution in [0.1, 0.15) is 17.2 Å². The first-order valence-corrected chi connectivity index (χ1v) is 6.33. The zero-order valence-electron chi connectivity index (χ0n) is 9.71. The minimum atomic E-state index is -1.05. The third kappa shape index (κ3) is 3.36. The molecular formula is C14H10BrF3O. The van der Waals surface area contributed by atoms with E-state index in [2.05, 4.69) is 15.9 Å². The quantitative estimate of drug-likeness (QED) is 0.896. The Kier molecular flexibility index (Phi) is 4.27. The Morgan fingerprint density at radius 1 is 1.05 bits per heavy atom. The van der Waals surface area contributed by atoms with Crippen molar-refractivity contribution in [1.29, 1.82) is 0 Å². The Labute approximate surface area is 116 Å². The molecule has 0 fully saturated rings. The van der Waals surface area contributed by atoms with Gasteiger partial charge in [0.1, 0.15) is 17.5 Å². The molecule has 0 aromatic heterocycles. The fourth-order valence-corrected chi connectivity index (χ4v) is 2.37. The molecule has 0 heterocycles. The smallest absolute Gasteiger partial charge is 0.137 e. The van der Waals surface area contributed by atoms with E-state index in [1.165, 1.54) is 12.1 Å². The van der Waals surface area contributed by atoms with Crippen molar-refractivity contribution in [2.24, 2.45) is 0 Å². The molecule has 1 N–H and O–H groups in total. The highest BCUT2D eigenvalue weighted by Gasteiger charge is 2.15. The van der Waals surface area contributed by atoms with Crippen molar-refractivity contribution in [3.8, 4) is 0 Å². The van der Waals surface area contributed by atoms with Crippen molar-refractivity contribution >= 4 is 15.9 Å². The number of hydrogen-bond acceptors (Lipinski definition) is 1. The Morgan fingerprint density at radius 2 is 1.68 bits per heavy atom. The second kappa shape index (κ2) is 5.75. The fraction of sp³-hybridized carbons (Fsp3) is 0.143. The van der Waals surface area contributed by atoms with E-state index in [-0.39, 0.29) is 10.9 Å². The average molecular weight is 331 g/mol. The first-order chi connectivity index (χ1) is 8.97. The number of halogens is 4. The van der Waals surface area contributed by atoms with Crippen molar-refractivity contribution in [3.63, 3.8) is 0 Å². The molecule has 0 bridgehead atoms. The van der Waals surface area contributed by atoms with E-state index in [1.54, 1.807) is 6.07 Å². The lowest BCUT2D eigenvalue weighted by Crippen LogP contribution is -2.04. The molecule has 5 heteroatoms. The van der Waals surface area contributed by atoms with Gasteiger partial charge in [-0.25, -0.2) is 13.2 Å². The first kappa shape index (κ1) is 14.1. The maximum absolute atomic E-state index is 13.3. The summed E-state index contributed by atoms with van der Waals surface area (Å²) >= 11 is 3.04. The lowest BCUT2D eigenvalue weighted by Gasteiger charge is -2.13.